The van der Waals surface area contributed by atoms with E-state index in [9.17, 15) is 4.79 Å². The molecule has 0 spiro atoms. The molecule has 0 N–H and O–H groups in total. The summed E-state index contributed by atoms with van der Waals surface area (Å²) in [6, 6.07) is 6.27. The van der Waals surface area contributed by atoms with E-state index in [-0.39, 0.29) is 12.0 Å². The lowest BCUT2D eigenvalue weighted by Gasteiger charge is -2.32. The highest BCUT2D eigenvalue weighted by Gasteiger charge is 2.27. The number of ether oxygens (including phenoxy) is 1. The maximum atomic E-state index is 12.7. The lowest BCUT2D eigenvalue weighted by Crippen LogP contribution is -2.43. The van der Waals surface area contributed by atoms with Crippen molar-refractivity contribution in [3.8, 4) is 0 Å². The Morgan fingerprint density at radius 3 is 2.96 bits per heavy atom. The van der Waals surface area contributed by atoms with Gasteiger partial charge in [0, 0.05) is 17.6 Å². The van der Waals surface area contributed by atoms with Gasteiger partial charge in [0.1, 0.15) is 11.1 Å². The maximum Gasteiger partial charge on any atom is 0.227 e. The van der Waals surface area contributed by atoms with Crippen molar-refractivity contribution >= 4 is 17.2 Å². The molecule has 0 aliphatic carbocycles. The second-order valence-electron chi connectivity index (χ2n) is 6.13. The Kier molecular flexibility index (Phi) is 4.78. The first-order valence-corrected chi connectivity index (χ1v) is 8.78. The van der Waals surface area contributed by atoms with Gasteiger partial charge in [-0.3, -0.25) is 4.79 Å². The summed E-state index contributed by atoms with van der Waals surface area (Å²) >= 11 is 1.60. The number of aromatic nitrogens is 1. The third-order valence-electron chi connectivity index (χ3n) is 4.18. The van der Waals surface area contributed by atoms with E-state index in [1.54, 1.807) is 11.3 Å². The Hall–Kier alpha value is -1.72. The molecule has 3 rings (SSSR count). The average Bonchev–Trinajstić information content (AvgIpc) is 2.97. The number of morpholine rings is 1. The van der Waals surface area contributed by atoms with Gasteiger partial charge >= 0.3 is 0 Å². The fraction of sp³-hybridized carbons (Fsp3) is 0.444. The van der Waals surface area contributed by atoms with Gasteiger partial charge in [-0.15, -0.1) is 11.3 Å². The fourth-order valence-corrected chi connectivity index (χ4v) is 3.65. The van der Waals surface area contributed by atoms with Gasteiger partial charge in [0.2, 0.25) is 5.91 Å². The second-order valence-corrected chi connectivity index (χ2v) is 7.02. The zero-order valence-electron chi connectivity index (χ0n) is 13.8. The van der Waals surface area contributed by atoms with E-state index in [2.05, 4.69) is 37.0 Å². The first-order valence-electron chi connectivity index (χ1n) is 7.90. The number of rotatable bonds is 3. The van der Waals surface area contributed by atoms with Crippen molar-refractivity contribution in [1.82, 2.24) is 9.88 Å². The first-order chi connectivity index (χ1) is 11.0. The van der Waals surface area contributed by atoms with Crippen LogP contribution in [-0.4, -0.2) is 35.5 Å². The molecule has 1 aromatic carbocycles. The third-order valence-corrected chi connectivity index (χ3v) is 5.23. The van der Waals surface area contributed by atoms with Crippen LogP contribution in [0.3, 0.4) is 0 Å². The zero-order chi connectivity index (χ0) is 16.4. The number of nitrogens with zero attached hydrogens (tertiary/aromatic N) is 2. The number of thiazole rings is 1. The number of amides is 1. The summed E-state index contributed by atoms with van der Waals surface area (Å²) in [5.41, 5.74) is 4.48. The molecule has 1 atom stereocenters. The molecule has 1 saturated heterocycles. The smallest absolute Gasteiger partial charge is 0.227 e. The maximum absolute atomic E-state index is 12.7. The summed E-state index contributed by atoms with van der Waals surface area (Å²) in [5.74, 6) is 0.167. The Morgan fingerprint density at radius 2 is 2.22 bits per heavy atom. The van der Waals surface area contributed by atoms with E-state index >= 15 is 0 Å². The lowest BCUT2D eigenvalue weighted by molar-refractivity contribution is -0.138. The minimum Gasteiger partial charge on any atom is -0.367 e. The fourth-order valence-electron chi connectivity index (χ4n) is 2.81. The quantitative estimate of drug-likeness (QED) is 0.868. The number of benzene rings is 1. The predicted molar refractivity (Wildman–Crippen MR) is 91.7 cm³/mol. The highest BCUT2D eigenvalue weighted by molar-refractivity contribution is 7.09. The Labute approximate surface area is 141 Å². The molecule has 1 aliphatic heterocycles. The van der Waals surface area contributed by atoms with Gasteiger partial charge in [-0.05, 0) is 31.9 Å². The number of hydrogen-bond donors (Lipinski definition) is 0. The van der Waals surface area contributed by atoms with Gasteiger partial charge in [0.05, 0.1) is 19.6 Å². The first kappa shape index (κ1) is 16.1. The summed E-state index contributed by atoms with van der Waals surface area (Å²) in [4.78, 5) is 19.1. The van der Waals surface area contributed by atoms with Crippen LogP contribution in [0.15, 0.2) is 23.6 Å². The van der Waals surface area contributed by atoms with Crippen LogP contribution in [0.2, 0.25) is 0 Å². The predicted octanol–water partition coefficient (Wildman–Crippen LogP) is 3.21. The van der Waals surface area contributed by atoms with Crippen LogP contribution in [0.1, 0.15) is 33.5 Å². The Morgan fingerprint density at radius 1 is 1.39 bits per heavy atom. The van der Waals surface area contributed by atoms with Gasteiger partial charge < -0.3 is 9.64 Å². The molecule has 1 amide bonds. The van der Waals surface area contributed by atoms with Crippen molar-refractivity contribution in [1.29, 1.82) is 0 Å². The zero-order valence-corrected chi connectivity index (χ0v) is 14.7. The average molecular weight is 330 g/mol. The number of hydrogen-bond acceptors (Lipinski definition) is 4. The number of aryl methyl sites for hydroxylation is 3. The highest BCUT2D eigenvalue weighted by atomic mass is 32.1. The molecule has 23 heavy (non-hydrogen) atoms. The van der Waals surface area contributed by atoms with Crippen LogP contribution in [0, 0.1) is 20.8 Å². The van der Waals surface area contributed by atoms with Crippen molar-refractivity contribution in [3.63, 3.8) is 0 Å². The van der Waals surface area contributed by atoms with Gasteiger partial charge in [0.15, 0.2) is 0 Å². The third kappa shape index (κ3) is 3.79. The summed E-state index contributed by atoms with van der Waals surface area (Å²) in [5, 5.41) is 2.99. The summed E-state index contributed by atoms with van der Waals surface area (Å²) in [7, 11) is 0. The van der Waals surface area contributed by atoms with Crippen molar-refractivity contribution < 1.29 is 9.53 Å². The standard InChI is InChI=1S/C18H22N2O2S/c1-12-4-5-13(2)15(8-12)9-17(21)20-6-7-22-16(10-20)18-19-14(3)11-23-18/h4-5,8,11,16H,6-7,9-10H2,1-3H3. The van der Waals surface area contributed by atoms with Crippen molar-refractivity contribution in [3.05, 3.63) is 51.0 Å². The molecule has 2 heterocycles. The topological polar surface area (TPSA) is 42.4 Å². The van der Waals surface area contributed by atoms with Crippen LogP contribution in [0.25, 0.3) is 0 Å². The number of carbonyl (C=O) groups excluding carboxylic acids is 1. The Balaban J connectivity index is 1.68. The van der Waals surface area contributed by atoms with Crippen molar-refractivity contribution in [2.45, 2.75) is 33.3 Å². The van der Waals surface area contributed by atoms with E-state index in [0.717, 1.165) is 16.3 Å². The molecule has 5 heteroatoms. The molecule has 2 aromatic rings. The summed E-state index contributed by atoms with van der Waals surface area (Å²) in [6.07, 6.45) is 0.363. The molecule has 0 bridgehead atoms. The SMILES string of the molecule is Cc1ccc(C)c(CC(=O)N2CCOC(c3nc(C)cs3)C2)c1. The van der Waals surface area contributed by atoms with E-state index in [1.165, 1.54) is 11.1 Å². The normalized spacial score (nSPS) is 18.2. The largest absolute Gasteiger partial charge is 0.367 e. The van der Waals surface area contributed by atoms with E-state index < -0.39 is 0 Å². The summed E-state index contributed by atoms with van der Waals surface area (Å²) in [6.45, 7) is 7.92. The van der Waals surface area contributed by atoms with Crippen LogP contribution >= 0.6 is 11.3 Å². The minimum atomic E-state index is -0.0926. The molecule has 1 aliphatic rings. The van der Waals surface area contributed by atoms with Crippen LogP contribution in [0.4, 0.5) is 0 Å². The monoisotopic (exact) mass is 330 g/mol. The highest BCUT2D eigenvalue weighted by Crippen LogP contribution is 2.25. The van der Waals surface area contributed by atoms with Crippen LogP contribution in [-0.2, 0) is 16.0 Å². The minimum absolute atomic E-state index is 0.0926. The molecule has 122 valence electrons. The van der Waals surface area contributed by atoms with E-state index in [1.807, 2.05) is 17.2 Å². The Bertz CT molecular complexity index is 711. The molecule has 4 nitrogen and oxygen atoms in total. The van der Waals surface area contributed by atoms with Crippen molar-refractivity contribution in [2.24, 2.45) is 0 Å². The van der Waals surface area contributed by atoms with Gasteiger partial charge in [0.25, 0.3) is 0 Å². The van der Waals surface area contributed by atoms with Crippen LogP contribution in [0.5, 0.6) is 0 Å². The van der Waals surface area contributed by atoms with Gasteiger partial charge in [-0.2, -0.15) is 0 Å². The molecular formula is C18H22N2O2S. The second kappa shape index (κ2) is 6.81. The molecule has 1 fully saturated rings. The molecular weight excluding hydrogens is 308 g/mol. The molecule has 1 aromatic heterocycles. The summed E-state index contributed by atoms with van der Waals surface area (Å²) < 4.78 is 5.80. The molecule has 0 radical (unpaired) electrons. The van der Waals surface area contributed by atoms with E-state index in [0.29, 0.717) is 26.1 Å². The molecule has 0 saturated carbocycles. The van der Waals surface area contributed by atoms with Crippen molar-refractivity contribution in [2.75, 3.05) is 19.7 Å². The van der Waals surface area contributed by atoms with E-state index in [4.69, 9.17) is 4.74 Å². The van der Waals surface area contributed by atoms with Gasteiger partial charge in [-0.1, -0.05) is 23.8 Å². The van der Waals surface area contributed by atoms with Crippen LogP contribution < -0.4 is 0 Å². The lowest BCUT2D eigenvalue weighted by atomic mass is 10.0. The van der Waals surface area contributed by atoms with Gasteiger partial charge in [-0.25, -0.2) is 4.98 Å². The molecule has 1 unspecified atom stereocenters. The number of carbonyl (C=O) groups is 1.